The molecule has 1 N–H and O–H groups in total. The topological polar surface area (TPSA) is 38.3 Å². The fourth-order valence-corrected chi connectivity index (χ4v) is 2.60. The third-order valence-corrected chi connectivity index (χ3v) is 3.92. The van der Waals surface area contributed by atoms with Gasteiger partial charge in [-0.3, -0.25) is 0 Å². The largest absolute Gasteiger partial charge is 0.462 e. The van der Waals surface area contributed by atoms with Gasteiger partial charge < -0.3 is 10.1 Å². The van der Waals surface area contributed by atoms with Crippen molar-refractivity contribution in [2.24, 2.45) is 0 Å². The van der Waals surface area contributed by atoms with E-state index in [2.05, 4.69) is 40.3 Å². The van der Waals surface area contributed by atoms with Crippen LogP contribution in [-0.2, 0) is 11.3 Å². The van der Waals surface area contributed by atoms with Crippen LogP contribution >= 0.6 is 28.3 Å². The Kier molecular flexibility index (Phi) is 8.31. The molecule has 5 heteroatoms. The number of halogens is 2. The molecule has 124 valence electrons. The van der Waals surface area contributed by atoms with Gasteiger partial charge in [-0.15, -0.1) is 12.4 Å². The summed E-state index contributed by atoms with van der Waals surface area (Å²) in [5.74, 6) is -0.274. The lowest BCUT2D eigenvalue weighted by atomic mass is 10.1. The second-order valence-corrected chi connectivity index (χ2v) is 5.99. The predicted octanol–water partition coefficient (Wildman–Crippen LogP) is 4.90. The number of esters is 1. The molecular weight excluding hydrogens is 378 g/mol. The first-order valence-electron chi connectivity index (χ1n) is 7.35. The first-order valence-corrected chi connectivity index (χ1v) is 8.14. The summed E-state index contributed by atoms with van der Waals surface area (Å²) in [6, 6.07) is 16.0. The van der Waals surface area contributed by atoms with Gasteiger partial charge in [0.15, 0.2) is 0 Å². The van der Waals surface area contributed by atoms with Gasteiger partial charge in [-0.25, -0.2) is 4.79 Å². The summed E-state index contributed by atoms with van der Waals surface area (Å²) in [6.45, 7) is 5.10. The van der Waals surface area contributed by atoms with Crippen molar-refractivity contribution in [2.45, 2.75) is 26.4 Å². The highest BCUT2D eigenvalue weighted by molar-refractivity contribution is 9.10. The minimum absolute atomic E-state index is 0. The minimum atomic E-state index is -0.274. The Bertz CT molecular complexity index is 631. The molecule has 2 aromatic carbocycles. The third kappa shape index (κ3) is 5.98. The highest BCUT2D eigenvalue weighted by Gasteiger charge is 2.09. The fourth-order valence-electron chi connectivity index (χ4n) is 2.16. The van der Waals surface area contributed by atoms with Crippen molar-refractivity contribution in [3.05, 3.63) is 69.7 Å². The van der Waals surface area contributed by atoms with Crippen molar-refractivity contribution in [1.29, 1.82) is 0 Å². The monoisotopic (exact) mass is 397 g/mol. The Balaban J connectivity index is 0.00000264. The number of hydrogen-bond donors (Lipinski definition) is 1. The highest BCUT2D eigenvalue weighted by atomic mass is 79.9. The van der Waals surface area contributed by atoms with Gasteiger partial charge in [0.2, 0.25) is 0 Å². The van der Waals surface area contributed by atoms with Gasteiger partial charge in [0.05, 0.1) is 12.2 Å². The SMILES string of the molecule is CCOC(=O)c1ccc([C@H](C)NCc2cccc(Br)c2)cc1.Cl. The quantitative estimate of drug-likeness (QED) is 0.703. The Morgan fingerprint density at radius 1 is 1.22 bits per heavy atom. The highest BCUT2D eigenvalue weighted by Crippen LogP contribution is 2.16. The van der Waals surface area contributed by atoms with Crippen LogP contribution in [0.5, 0.6) is 0 Å². The molecule has 2 aromatic rings. The first kappa shape index (κ1) is 19.7. The van der Waals surface area contributed by atoms with E-state index in [9.17, 15) is 4.79 Å². The molecule has 0 saturated heterocycles. The molecule has 23 heavy (non-hydrogen) atoms. The molecule has 0 heterocycles. The zero-order valence-electron chi connectivity index (χ0n) is 13.2. The number of carbonyl (C=O) groups excluding carboxylic acids is 1. The van der Waals surface area contributed by atoms with Gasteiger partial charge in [0.25, 0.3) is 0 Å². The number of benzene rings is 2. The summed E-state index contributed by atoms with van der Waals surface area (Å²) < 4.78 is 6.07. The smallest absolute Gasteiger partial charge is 0.338 e. The summed E-state index contributed by atoms with van der Waals surface area (Å²) >= 11 is 3.48. The number of nitrogens with one attached hydrogen (secondary N) is 1. The summed E-state index contributed by atoms with van der Waals surface area (Å²) in [5.41, 5.74) is 2.96. The van der Waals surface area contributed by atoms with Crippen LogP contribution in [0.15, 0.2) is 53.0 Å². The Morgan fingerprint density at radius 3 is 2.52 bits per heavy atom. The van der Waals surface area contributed by atoms with Gasteiger partial charge in [0.1, 0.15) is 0 Å². The average Bonchev–Trinajstić information content (AvgIpc) is 2.53. The van der Waals surface area contributed by atoms with E-state index >= 15 is 0 Å². The van der Waals surface area contributed by atoms with Crippen LogP contribution in [0.2, 0.25) is 0 Å². The lowest BCUT2D eigenvalue weighted by Crippen LogP contribution is -2.18. The van der Waals surface area contributed by atoms with Crippen LogP contribution < -0.4 is 5.32 Å². The van der Waals surface area contributed by atoms with Gasteiger partial charge >= 0.3 is 5.97 Å². The van der Waals surface area contributed by atoms with E-state index in [1.807, 2.05) is 36.4 Å². The van der Waals surface area contributed by atoms with E-state index in [1.165, 1.54) is 5.56 Å². The van der Waals surface area contributed by atoms with Crippen LogP contribution in [0.1, 0.15) is 41.4 Å². The van der Waals surface area contributed by atoms with E-state index in [0.29, 0.717) is 12.2 Å². The molecule has 0 fully saturated rings. The van der Waals surface area contributed by atoms with Crippen LogP contribution in [0, 0.1) is 0 Å². The number of hydrogen-bond acceptors (Lipinski definition) is 3. The molecule has 0 aliphatic rings. The fraction of sp³-hybridized carbons (Fsp3) is 0.278. The summed E-state index contributed by atoms with van der Waals surface area (Å²) in [6.07, 6.45) is 0. The molecule has 0 amide bonds. The van der Waals surface area contributed by atoms with E-state index in [1.54, 1.807) is 6.92 Å². The maximum atomic E-state index is 11.6. The molecule has 0 radical (unpaired) electrons. The molecule has 3 nitrogen and oxygen atoms in total. The molecule has 0 aliphatic carbocycles. The number of ether oxygens (including phenoxy) is 1. The van der Waals surface area contributed by atoms with Gasteiger partial charge in [-0.2, -0.15) is 0 Å². The standard InChI is InChI=1S/C18H20BrNO2.ClH/c1-3-22-18(21)16-9-7-15(8-10-16)13(2)20-12-14-5-4-6-17(19)11-14;/h4-11,13,20H,3,12H2,1-2H3;1H/t13-;/m0./s1. The summed E-state index contributed by atoms with van der Waals surface area (Å²) in [5, 5.41) is 3.48. The normalized spacial score (nSPS) is 11.4. The second-order valence-electron chi connectivity index (χ2n) is 5.07. The van der Waals surface area contributed by atoms with Crippen LogP contribution in [0.25, 0.3) is 0 Å². The number of carbonyl (C=O) groups is 1. The Morgan fingerprint density at radius 2 is 1.91 bits per heavy atom. The van der Waals surface area contributed by atoms with Crippen molar-refractivity contribution < 1.29 is 9.53 Å². The van der Waals surface area contributed by atoms with Crippen LogP contribution in [0.4, 0.5) is 0 Å². The zero-order valence-corrected chi connectivity index (χ0v) is 15.6. The summed E-state index contributed by atoms with van der Waals surface area (Å²) in [4.78, 5) is 11.6. The van der Waals surface area contributed by atoms with Crippen molar-refractivity contribution in [1.82, 2.24) is 5.32 Å². The minimum Gasteiger partial charge on any atom is -0.462 e. The Labute approximate surface area is 152 Å². The van der Waals surface area contributed by atoms with Crippen molar-refractivity contribution in [3.63, 3.8) is 0 Å². The maximum Gasteiger partial charge on any atom is 0.338 e. The molecule has 0 saturated carbocycles. The zero-order chi connectivity index (χ0) is 15.9. The van der Waals surface area contributed by atoms with Crippen molar-refractivity contribution in [3.8, 4) is 0 Å². The van der Waals surface area contributed by atoms with Crippen LogP contribution in [0.3, 0.4) is 0 Å². The molecule has 0 spiro atoms. The summed E-state index contributed by atoms with van der Waals surface area (Å²) in [7, 11) is 0. The maximum absolute atomic E-state index is 11.6. The molecule has 2 rings (SSSR count). The molecule has 0 bridgehead atoms. The average molecular weight is 399 g/mol. The predicted molar refractivity (Wildman–Crippen MR) is 99.0 cm³/mol. The van der Waals surface area contributed by atoms with Gasteiger partial charge in [-0.05, 0) is 49.2 Å². The third-order valence-electron chi connectivity index (χ3n) is 3.42. The first-order chi connectivity index (χ1) is 10.6. The van der Waals surface area contributed by atoms with E-state index < -0.39 is 0 Å². The molecular formula is C18H21BrClNO2. The van der Waals surface area contributed by atoms with Gasteiger partial charge in [-0.1, -0.05) is 40.2 Å². The lowest BCUT2D eigenvalue weighted by Gasteiger charge is -2.15. The number of rotatable bonds is 6. The molecule has 0 aliphatic heterocycles. The second kappa shape index (κ2) is 9.71. The van der Waals surface area contributed by atoms with Crippen molar-refractivity contribution in [2.75, 3.05) is 6.61 Å². The van der Waals surface area contributed by atoms with E-state index in [0.717, 1.165) is 16.6 Å². The van der Waals surface area contributed by atoms with E-state index in [-0.39, 0.29) is 24.4 Å². The Hall–Kier alpha value is -1.36. The molecule has 1 atom stereocenters. The lowest BCUT2D eigenvalue weighted by molar-refractivity contribution is 0.0526. The van der Waals surface area contributed by atoms with E-state index in [4.69, 9.17) is 4.74 Å². The van der Waals surface area contributed by atoms with Crippen LogP contribution in [-0.4, -0.2) is 12.6 Å². The van der Waals surface area contributed by atoms with Crippen molar-refractivity contribution >= 4 is 34.3 Å². The van der Waals surface area contributed by atoms with Gasteiger partial charge in [0, 0.05) is 17.1 Å². The molecule has 0 aromatic heterocycles. The molecule has 0 unspecified atom stereocenters.